The summed E-state index contributed by atoms with van der Waals surface area (Å²) in [4.78, 5) is 15.0. The van der Waals surface area contributed by atoms with E-state index in [0.717, 1.165) is 15.6 Å². The van der Waals surface area contributed by atoms with Crippen LogP contribution in [-0.2, 0) is 11.4 Å². The summed E-state index contributed by atoms with van der Waals surface area (Å²) in [7, 11) is 1.59. The van der Waals surface area contributed by atoms with E-state index in [1.54, 1.807) is 49.6 Å². The van der Waals surface area contributed by atoms with Gasteiger partial charge in [-0.25, -0.2) is 4.39 Å². The van der Waals surface area contributed by atoms with Gasteiger partial charge in [0.2, 0.25) is 0 Å². The van der Waals surface area contributed by atoms with Crippen molar-refractivity contribution in [2.45, 2.75) is 6.61 Å². The second-order valence-electron chi connectivity index (χ2n) is 6.82. The van der Waals surface area contributed by atoms with Crippen molar-refractivity contribution in [3.8, 4) is 11.5 Å². The zero-order chi connectivity index (χ0) is 22.7. The molecule has 3 aromatic carbocycles. The highest BCUT2D eigenvalue weighted by Crippen LogP contribution is 2.37. The minimum atomic E-state index is -0.281. The topological polar surface area (TPSA) is 38.8 Å². The second kappa shape index (κ2) is 9.85. The molecule has 0 N–H and O–H groups in total. The van der Waals surface area contributed by atoms with E-state index in [0.29, 0.717) is 33.0 Å². The fourth-order valence-electron chi connectivity index (χ4n) is 3.04. The minimum absolute atomic E-state index is 0.169. The van der Waals surface area contributed by atoms with Crippen molar-refractivity contribution in [2.75, 3.05) is 12.0 Å². The first-order chi connectivity index (χ1) is 15.4. The molecule has 0 spiro atoms. The molecule has 0 bridgehead atoms. The molecular formula is C24H17BrFNO3S2. The number of carbonyl (C=O) groups excluding carboxylic acids is 1. The van der Waals surface area contributed by atoms with E-state index in [1.165, 1.54) is 28.8 Å². The smallest absolute Gasteiger partial charge is 0.270 e. The average molecular weight is 530 g/mol. The van der Waals surface area contributed by atoms with E-state index >= 15 is 0 Å². The van der Waals surface area contributed by atoms with Gasteiger partial charge >= 0.3 is 0 Å². The molecule has 1 fully saturated rings. The monoisotopic (exact) mass is 529 g/mol. The minimum Gasteiger partial charge on any atom is -0.497 e. The lowest BCUT2D eigenvalue weighted by molar-refractivity contribution is -0.113. The summed E-state index contributed by atoms with van der Waals surface area (Å²) in [6.07, 6.45) is 1.80. The van der Waals surface area contributed by atoms with Crippen LogP contribution in [0.1, 0.15) is 11.1 Å². The first kappa shape index (κ1) is 22.5. The van der Waals surface area contributed by atoms with E-state index < -0.39 is 0 Å². The molecule has 0 aliphatic carbocycles. The lowest BCUT2D eigenvalue weighted by Crippen LogP contribution is -2.27. The maximum absolute atomic E-state index is 13.0. The SMILES string of the molecule is COc1ccc(N2C(=O)/C(=C\c3ccc(OCc4ccc(F)cc4)c(Br)c3)SC2=S)cc1. The number of hydrogen-bond donors (Lipinski definition) is 0. The van der Waals surface area contributed by atoms with Crippen LogP contribution in [0.3, 0.4) is 0 Å². The van der Waals surface area contributed by atoms with Gasteiger partial charge in [0.1, 0.15) is 23.9 Å². The molecule has 0 radical (unpaired) electrons. The van der Waals surface area contributed by atoms with Gasteiger partial charge in [0.05, 0.1) is 22.2 Å². The lowest BCUT2D eigenvalue weighted by Gasteiger charge is -2.14. The first-order valence-electron chi connectivity index (χ1n) is 9.53. The van der Waals surface area contributed by atoms with Crippen molar-refractivity contribution in [3.05, 3.63) is 93.1 Å². The molecule has 1 amide bonds. The van der Waals surface area contributed by atoms with Crippen molar-refractivity contribution in [2.24, 2.45) is 0 Å². The van der Waals surface area contributed by atoms with E-state index in [2.05, 4.69) is 15.9 Å². The van der Waals surface area contributed by atoms with E-state index in [-0.39, 0.29) is 11.7 Å². The van der Waals surface area contributed by atoms with E-state index in [4.69, 9.17) is 21.7 Å². The molecule has 1 saturated heterocycles. The van der Waals surface area contributed by atoms with Crippen LogP contribution >= 0.6 is 39.9 Å². The van der Waals surface area contributed by atoms with Gasteiger partial charge in [0, 0.05) is 0 Å². The zero-order valence-electron chi connectivity index (χ0n) is 16.9. The Hall–Kier alpha value is -2.68. The van der Waals surface area contributed by atoms with E-state index in [9.17, 15) is 9.18 Å². The highest BCUT2D eigenvalue weighted by molar-refractivity contribution is 9.10. The maximum Gasteiger partial charge on any atom is 0.270 e. The summed E-state index contributed by atoms with van der Waals surface area (Å²) in [5.74, 6) is 0.910. The molecule has 0 saturated carbocycles. The molecule has 1 aliphatic rings. The molecule has 162 valence electrons. The molecule has 1 heterocycles. The number of benzene rings is 3. The van der Waals surface area contributed by atoms with Crippen LogP contribution in [-0.4, -0.2) is 17.3 Å². The summed E-state index contributed by atoms with van der Waals surface area (Å²) in [5, 5.41) is 0. The molecule has 4 nitrogen and oxygen atoms in total. The Morgan fingerprint density at radius 3 is 2.47 bits per heavy atom. The highest BCUT2D eigenvalue weighted by atomic mass is 79.9. The molecule has 0 unspecified atom stereocenters. The van der Waals surface area contributed by atoms with Crippen LogP contribution in [0.2, 0.25) is 0 Å². The number of halogens is 2. The molecule has 0 atom stereocenters. The summed E-state index contributed by atoms with van der Waals surface area (Å²) in [5.41, 5.74) is 2.40. The molecule has 0 aromatic heterocycles. The van der Waals surface area contributed by atoms with E-state index in [1.807, 2.05) is 18.2 Å². The third-order valence-electron chi connectivity index (χ3n) is 4.69. The summed E-state index contributed by atoms with van der Waals surface area (Å²) >= 11 is 10.2. The van der Waals surface area contributed by atoms with Crippen molar-refractivity contribution in [3.63, 3.8) is 0 Å². The quantitative estimate of drug-likeness (QED) is 0.266. The number of thiocarbonyl (C=S) groups is 1. The largest absolute Gasteiger partial charge is 0.497 e. The number of rotatable bonds is 6. The molecule has 3 aromatic rings. The fourth-order valence-corrected chi connectivity index (χ4v) is 4.85. The Morgan fingerprint density at radius 1 is 1.09 bits per heavy atom. The highest BCUT2D eigenvalue weighted by Gasteiger charge is 2.33. The molecule has 8 heteroatoms. The number of nitrogens with zero attached hydrogens (tertiary/aromatic N) is 1. The molecule has 32 heavy (non-hydrogen) atoms. The van der Waals surface area contributed by atoms with Crippen LogP contribution in [0.15, 0.2) is 76.1 Å². The van der Waals surface area contributed by atoms with Crippen molar-refractivity contribution in [1.82, 2.24) is 0 Å². The van der Waals surface area contributed by atoms with Crippen LogP contribution in [0.4, 0.5) is 10.1 Å². The fraction of sp³-hybridized carbons (Fsp3) is 0.0833. The third kappa shape index (κ3) is 5.03. The van der Waals surface area contributed by atoms with Gasteiger partial charge in [-0.3, -0.25) is 9.69 Å². The van der Waals surface area contributed by atoms with Gasteiger partial charge < -0.3 is 9.47 Å². The normalized spacial score (nSPS) is 14.8. The van der Waals surface area contributed by atoms with Crippen molar-refractivity contribution >= 4 is 61.9 Å². The molecule has 4 rings (SSSR count). The van der Waals surface area contributed by atoms with Crippen LogP contribution in [0.5, 0.6) is 11.5 Å². The third-order valence-corrected chi connectivity index (χ3v) is 6.61. The van der Waals surface area contributed by atoms with Crippen molar-refractivity contribution < 1.29 is 18.7 Å². The van der Waals surface area contributed by atoms with Gasteiger partial charge in [-0.1, -0.05) is 42.2 Å². The van der Waals surface area contributed by atoms with Crippen LogP contribution < -0.4 is 14.4 Å². The van der Waals surface area contributed by atoms with Crippen LogP contribution in [0, 0.1) is 5.82 Å². The predicted octanol–water partition coefficient (Wildman–Crippen LogP) is 6.58. The number of methoxy groups -OCH3 is 1. The molecular weight excluding hydrogens is 513 g/mol. The Kier molecular flexibility index (Phi) is 6.93. The Balaban J connectivity index is 1.48. The number of hydrogen-bond acceptors (Lipinski definition) is 5. The number of carbonyl (C=O) groups is 1. The number of amides is 1. The standard InChI is InChI=1S/C24H17BrFNO3S2/c1-29-19-9-7-18(8-10-19)27-23(28)22(32-24(27)31)13-16-4-11-21(20(25)12-16)30-14-15-2-5-17(26)6-3-15/h2-13H,14H2,1H3/b22-13+. The van der Waals surface area contributed by atoms with Crippen LogP contribution in [0.25, 0.3) is 6.08 Å². The number of ether oxygens (including phenoxy) is 2. The van der Waals surface area contributed by atoms with Crippen molar-refractivity contribution in [1.29, 1.82) is 0 Å². The Morgan fingerprint density at radius 2 is 1.81 bits per heavy atom. The first-order valence-corrected chi connectivity index (χ1v) is 11.5. The average Bonchev–Trinajstić information content (AvgIpc) is 3.07. The number of thioether (sulfide) groups is 1. The van der Waals surface area contributed by atoms with Gasteiger partial charge in [0.15, 0.2) is 4.32 Å². The lowest BCUT2D eigenvalue weighted by atomic mass is 10.2. The van der Waals surface area contributed by atoms with Gasteiger partial charge in [-0.05, 0) is 81.7 Å². The summed E-state index contributed by atoms with van der Waals surface area (Å²) in [6, 6.07) is 18.9. The maximum atomic E-state index is 13.0. The zero-order valence-corrected chi connectivity index (χ0v) is 20.1. The van der Waals surface area contributed by atoms with Gasteiger partial charge in [-0.2, -0.15) is 0 Å². The van der Waals surface area contributed by atoms with Gasteiger partial charge in [-0.15, -0.1) is 0 Å². The Labute approximate surface area is 203 Å². The summed E-state index contributed by atoms with van der Waals surface area (Å²) < 4.78 is 25.2. The second-order valence-corrected chi connectivity index (χ2v) is 9.35. The summed E-state index contributed by atoms with van der Waals surface area (Å²) in [6.45, 7) is 0.318. The van der Waals surface area contributed by atoms with Gasteiger partial charge in [0.25, 0.3) is 5.91 Å². The molecule has 1 aliphatic heterocycles. The Bertz CT molecular complexity index is 1200. The number of anilines is 1. The predicted molar refractivity (Wildman–Crippen MR) is 134 cm³/mol.